The van der Waals surface area contributed by atoms with E-state index in [-0.39, 0.29) is 5.97 Å². The summed E-state index contributed by atoms with van der Waals surface area (Å²) in [6.45, 7) is 10.4. The van der Waals surface area contributed by atoms with E-state index in [0.29, 0.717) is 0 Å². The number of hydrogen-bond acceptors (Lipinski definition) is 3. The van der Waals surface area contributed by atoms with Gasteiger partial charge >= 0.3 is 5.97 Å². The Bertz CT molecular complexity index is 706. The number of carbonyl (C=O) groups excluding carboxylic acids is 1. The Hall–Kier alpha value is -2.29. The molecule has 0 aliphatic rings. The number of benzene rings is 1. The van der Waals surface area contributed by atoms with E-state index in [1.165, 1.54) is 41.0 Å². The molecule has 3 heteroatoms. The highest BCUT2D eigenvalue weighted by Gasteiger charge is 2.10. The maximum Gasteiger partial charge on any atom is 0.330 e. The van der Waals surface area contributed by atoms with Crippen molar-refractivity contribution in [3.8, 4) is 5.75 Å². The van der Waals surface area contributed by atoms with Gasteiger partial charge in [0.1, 0.15) is 5.75 Å². The number of hydrogen-bond donors (Lipinski definition) is 0. The molecule has 0 unspecified atom stereocenters. The first-order chi connectivity index (χ1) is 11.8. The van der Waals surface area contributed by atoms with Gasteiger partial charge in [0.15, 0.2) is 0 Å². The zero-order valence-electron chi connectivity index (χ0n) is 16.5. The predicted molar refractivity (Wildman–Crippen MR) is 104 cm³/mol. The minimum atomic E-state index is -0.330. The summed E-state index contributed by atoms with van der Waals surface area (Å²) in [6.07, 6.45) is 9.47. The Kier molecular flexibility index (Phi) is 8.20. The minimum absolute atomic E-state index is 0.330. The molecule has 0 heterocycles. The molecular weight excluding hydrogens is 312 g/mol. The van der Waals surface area contributed by atoms with Crippen LogP contribution >= 0.6 is 0 Å². The lowest BCUT2D eigenvalue weighted by atomic mass is 9.93. The molecule has 1 rings (SSSR count). The van der Waals surface area contributed by atoms with Gasteiger partial charge < -0.3 is 9.47 Å². The predicted octanol–water partition coefficient (Wildman–Crippen LogP) is 5.17. The molecule has 0 aliphatic heterocycles. The second kappa shape index (κ2) is 9.87. The van der Waals surface area contributed by atoms with Crippen molar-refractivity contribution in [1.82, 2.24) is 0 Å². The molecule has 0 atom stereocenters. The third-order valence-electron chi connectivity index (χ3n) is 4.48. The van der Waals surface area contributed by atoms with Crippen LogP contribution in [0.15, 0.2) is 41.5 Å². The highest BCUT2D eigenvalue weighted by Crippen LogP contribution is 2.28. The second-order valence-electron chi connectivity index (χ2n) is 6.41. The van der Waals surface area contributed by atoms with Gasteiger partial charge in [0.25, 0.3) is 0 Å². The van der Waals surface area contributed by atoms with E-state index in [2.05, 4.69) is 44.6 Å². The molecule has 25 heavy (non-hydrogen) atoms. The number of esters is 1. The van der Waals surface area contributed by atoms with Crippen molar-refractivity contribution in [2.45, 2.75) is 47.5 Å². The first-order valence-electron chi connectivity index (χ1n) is 8.53. The zero-order chi connectivity index (χ0) is 19.0. The van der Waals surface area contributed by atoms with Gasteiger partial charge in [-0.15, -0.1) is 0 Å². The molecule has 0 saturated carbocycles. The Morgan fingerprint density at radius 3 is 2.40 bits per heavy atom. The number of methoxy groups -OCH3 is 2. The summed E-state index contributed by atoms with van der Waals surface area (Å²) in [5.74, 6) is 0.630. The van der Waals surface area contributed by atoms with E-state index >= 15 is 0 Å². The maximum absolute atomic E-state index is 11.2. The maximum atomic E-state index is 11.2. The monoisotopic (exact) mass is 342 g/mol. The minimum Gasteiger partial charge on any atom is -0.496 e. The van der Waals surface area contributed by atoms with Crippen molar-refractivity contribution in [1.29, 1.82) is 0 Å². The molecule has 1 aromatic carbocycles. The Morgan fingerprint density at radius 2 is 1.80 bits per heavy atom. The van der Waals surface area contributed by atoms with Crippen LogP contribution in [0.4, 0.5) is 0 Å². The van der Waals surface area contributed by atoms with Crippen molar-refractivity contribution < 1.29 is 14.3 Å². The number of ether oxygens (including phenoxy) is 2. The lowest BCUT2D eigenvalue weighted by molar-refractivity contribution is -0.134. The first-order valence-corrected chi connectivity index (χ1v) is 8.53. The van der Waals surface area contributed by atoms with Gasteiger partial charge in [0, 0.05) is 6.08 Å². The SMILES string of the molecule is COC(=O)/C=C(C)/C=C/C=C(\C)CCc1c(C)cc(OC)c(C)c1C. The standard InChI is InChI=1S/C22H30O3/c1-15(9-8-10-16(2)13-22(23)25-7)11-12-20-17(3)14-21(24-6)19(5)18(20)4/h8-10,13-14H,11-12H2,1-7H3/b10-8+,15-9+,16-13+. The third kappa shape index (κ3) is 6.26. The van der Waals surface area contributed by atoms with Crippen molar-refractivity contribution in [3.63, 3.8) is 0 Å². The van der Waals surface area contributed by atoms with Crippen molar-refractivity contribution >= 4 is 5.97 Å². The van der Waals surface area contributed by atoms with E-state index in [1.807, 2.05) is 19.1 Å². The van der Waals surface area contributed by atoms with Crippen molar-refractivity contribution in [3.05, 3.63) is 63.8 Å². The quantitative estimate of drug-likeness (QED) is 0.389. The molecule has 0 saturated heterocycles. The van der Waals surface area contributed by atoms with Crippen LogP contribution in [0.1, 0.15) is 42.5 Å². The zero-order valence-corrected chi connectivity index (χ0v) is 16.5. The fourth-order valence-electron chi connectivity index (χ4n) is 2.76. The van der Waals surface area contributed by atoms with Crippen LogP contribution in [0.3, 0.4) is 0 Å². The van der Waals surface area contributed by atoms with Crippen LogP contribution in [0, 0.1) is 20.8 Å². The average Bonchev–Trinajstić information content (AvgIpc) is 2.57. The molecule has 3 nitrogen and oxygen atoms in total. The molecule has 136 valence electrons. The average molecular weight is 342 g/mol. The van der Waals surface area contributed by atoms with Crippen molar-refractivity contribution in [2.24, 2.45) is 0 Å². The molecular formula is C22H30O3. The van der Waals surface area contributed by atoms with E-state index < -0.39 is 0 Å². The highest BCUT2D eigenvalue weighted by molar-refractivity contribution is 5.83. The molecule has 0 aromatic heterocycles. The van der Waals surface area contributed by atoms with E-state index in [9.17, 15) is 4.79 Å². The summed E-state index contributed by atoms with van der Waals surface area (Å²) in [5, 5.41) is 0. The van der Waals surface area contributed by atoms with Crippen LogP contribution in [-0.2, 0) is 16.0 Å². The highest BCUT2D eigenvalue weighted by atomic mass is 16.5. The van der Waals surface area contributed by atoms with Gasteiger partial charge in [-0.3, -0.25) is 0 Å². The van der Waals surface area contributed by atoms with Gasteiger partial charge in [0.2, 0.25) is 0 Å². The van der Waals surface area contributed by atoms with E-state index in [0.717, 1.165) is 24.2 Å². The number of allylic oxidation sites excluding steroid dienone is 5. The van der Waals surface area contributed by atoms with Gasteiger partial charge in [-0.2, -0.15) is 0 Å². The van der Waals surface area contributed by atoms with E-state index in [1.54, 1.807) is 7.11 Å². The second-order valence-corrected chi connectivity index (χ2v) is 6.41. The van der Waals surface area contributed by atoms with E-state index in [4.69, 9.17) is 4.74 Å². The Morgan fingerprint density at radius 1 is 1.12 bits per heavy atom. The summed E-state index contributed by atoms with van der Waals surface area (Å²) < 4.78 is 10.1. The normalized spacial score (nSPS) is 12.6. The summed E-state index contributed by atoms with van der Waals surface area (Å²) in [4.78, 5) is 11.2. The Balaban J connectivity index is 2.77. The summed E-state index contributed by atoms with van der Waals surface area (Å²) in [5.41, 5.74) is 7.38. The largest absolute Gasteiger partial charge is 0.496 e. The number of rotatable bonds is 7. The molecule has 0 spiro atoms. The molecule has 0 fully saturated rings. The lowest BCUT2D eigenvalue weighted by Crippen LogP contribution is -2.00. The topological polar surface area (TPSA) is 35.5 Å². The number of aryl methyl sites for hydroxylation is 1. The number of carbonyl (C=O) groups is 1. The van der Waals surface area contributed by atoms with Crippen LogP contribution in [0.25, 0.3) is 0 Å². The van der Waals surface area contributed by atoms with Gasteiger partial charge in [-0.25, -0.2) is 4.79 Å². The summed E-state index contributed by atoms with van der Waals surface area (Å²) in [7, 11) is 3.10. The van der Waals surface area contributed by atoms with Crippen molar-refractivity contribution in [2.75, 3.05) is 14.2 Å². The fraction of sp³-hybridized carbons (Fsp3) is 0.409. The van der Waals surface area contributed by atoms with Gasteiger partial charge in [-0.05, 0) is 81.4 Å². The lowest BCUT2D eigenvalue weighted by Gasteiger charge is -2.16. The third-order valence-corrected chi connectivity index (χ3v) is 4.48. The molecule has 0 amide bonds. The van der Waals surface area contributed by atoms with Crippen LogP contribution in [0.5, 0.6) is 5.75 Å². The van der Waals surface area contributed by atoms with Gasteiger partial charge in [0.05, 0.1) is 14.2 Å². The van der Waals surface area contributed by atoms with Crippen LogP contribution in [-0.4, -0.2) is 20.2 Å². The molecule has 0 radical (unpaired) electrons. The van der Waals surface area contributed by atoms with Crippen LogP contribution < -0.4 is 4.74 Å². The smallest absolute Gasteiger partial charge is 0.330 e. The van der Waals surface area contributed by atoms with Gasteiger partial charge in [-0.1, -0.05) is 23.8 Å². The fourth-order valence-corrected chi connectivity index (χ4v) is 2.76. The Labute approximate surface area is 152 Å². The molecule has 0 aliphatic carbocycles. The molecule has 0 bridgehead atoms. The first kappa shape index (κ1) is 20.8. The molecule has 0 N–H and O–H groups in total. The summed E-state index contributed by atoms with van der Waals surface area (Å²) >= 11 is 0. The molecule has 1 aromatic rings. The van der Waals surface area contributed by atoms with Crippen LogP contribution in [0.2, 0.25) is 0 Å². The summed E-state index contributed by atoms with van der Waals surface area (Å²) in [6, 6.07) is 2.12.